The number of nitrogens with one attached hydrogen (secondary N) is 3. The molecule has 324 valence electrons. The van der Waals surface area contributed by atoms with E-state index < -0.39 is 68.1 Å². The zero-order valence-electron chi connectivity index (χ0n) is 35.7. The fourth-order valence-corrected chi connectivity index (χ4v) is 9.64. The maximum atomic E-state index is 14.8. The molecule has 1 saturated heterocycles. The van der Waals surface area contributed by atoms with Gasteiger partial charge in [0, 0.05) is 28.7 Å². The van der Waals surface area contributed by atoms with Gasteiger partial charge in [0.2, 0.25) is 33.3 Å². The molecular weight excluding hydrogens is 797 g/mol. The van der Waals surface area contributed by atoms with Gasteiger partial charge in [0.1, 0.15) is 34.8 Å². The fraction of sp³-hybridized carbons (Fsp3) is 0.522. The highest BCUT2D eigenvalue weighted by atomic mass is 32.2. The van der Waals surface area contributed by atoms with Crippen molar-refractivity contribution in [3.63, 3.8) is 0 Å². The molecule has 0 spiro atoms. The van der Waals surface area contributed by atoms with Crippen molar-refractivity contribution in [2.75, 3.05) is 6.54 Å². The lowest BCUT2D eigenvalue weighted by Crippen LogP contribution is -2.58. The van der Waals surface area contributed by atoms with Crippen LogP contribution in [0.3, 0.4) is 0 Å². The lowest BCUT2D eigenvalue weighted by Gasteiger charge is -2.31. The summed E-state index contributed by atoms with van der Waals surface area (Å²) < 4.78 is 41.2. The van der Waals surface area contributed by atoms with Gasteiger partial charge in [-0.05, 0) is 61.6 Å². The number of hydrogen-bond acceptors (Lipinski definition) is 10. The van der Waals surface area contributed by atoms with E-state index in [4.69, 9.17) is 19.1 Å². The van der Waals surface area contributed by atoms with E-state index in [9.17, 15) is 27.6 Å². The van der Waals surface area contributed by atoms with Crippen LogP contribution < -0.4 is 20.1 Å². The number of carbonyl (C=O) groups excluding carboxylic acids is 4. The zero-order valence-corrected chi connectivity index (χ0v) is 36.6. The summed E-state index contributed by atoms with van der Waals surface area (Å²) >= 11 is 0. The Morgan fingerprint density at radius 2 is 1.69 bits per heavy atom. The van der Waals surface area contributed by atoms with Crippen LogP contribution in [0.1, 0.15) is 105 Å². The minimum Gasteiger partial charge on any atom is -0.470 e. The number of benzene rings is 2. The zero-order chi connectivity index (χ0) is 43.5. The quantitative estimate of drug-likeness (QED) is 0.180. The van der Waals surface area contributed by atoms with Crippen LogP contribution in [0.4, 0.5) is 0 Å². The molecule has 2 aliphatic carbocycles. The van der Waals surface area contributed by atoms with E-state index in [0.29, 0.717) is 54.6 Å². The normalized spacial score (nSPS) is 25.8. The lowest BCUT2D eigenvalue weighted by atomic mass is 9.87. The van der Waals surface area contributed by atoms with Crippen molar-refractivity contribution in [2.24, 2.45) is 11.3 Å². The maximum Gasteiger partial charge on any atom is 0.262 e. The summed E-state index contributed by atoms with van der Waals surface area (Å²) in [6.45, 7) is 11.7. The SMILES string of the molecule is CC(C)(C)C(=O)N[C@H]1CCCCC/C=C\[C@H]2C[C@@]2(C(=O)NS(=O)(=O)C2CC2)NC(=O)[C@@H]2C[C@@H](Oc3nc(-c4ccc(C(C)(C)C)cc4)nc4c3oc3ccccc34)CN2C1=O. The molecule has 4 heterocycles. The van der Waals surface area contributed by atoms with Gasteiger partial charge in [0.05, 0.1) is 11.8 Å². The van der Waals surface area contributed by atoms with E-state index in [2.05, 4.69) is 36.1 Å². The molecule has 61 heavy (non-hydrogen) atoms. The summed E-state index contributed by atoms with van der Waals surface area (Å²) in [4.78, 5) is 67.9. The number of allylic oxidation sites excluding steroid dienone is 1. The second-order valence-corrected chi connectivity index (χ2v) is 21.2. The fourth-order valence-electron chi connectivity index (χ4n) is 8.27. The minimum absolute atomic E-state index is 0.0113. The van der Waals surface area contributed by atoms with Crippen LogP contribution >= 0.6 is 0 Å². The Kier molecular flexibility index (Phi) is 11.0. The van der Waals surface area contributed by atoms with Crippen molar-refractivity contribution < 1.29 is 36.7 Å². The van der Waals surface area contributed by atoms with E-state index >= 15 is 0 Å². The number of nitrogens with zero attached hydrogens (tertiary/aromatic N) is 3. The van der Waals surface area contributed by atoms with Gasteiger partial charge < -0.3 is 24.7 Å². The minimum atomic E-state index is -3.91. The first-order valence-corrected chi connectivity index (χ1v) is 23.0. The largest absolute Gasteiger partial charge is 0.470 e. The Labute approximate surface area is 356 Å². The van der Waals surface area contributed by atoms with Crippen LogP contribution in [0.5, 0.6) is 5.88 Å². The highest BCUT2D eigenvalue weighted by molar-refractivity contribution is 7.91. The maximum absolute atomic E-state index is 14.8. The highest BCUT2D eigenvalue weighted by Crippen LogP contribution is 2.46. The average molecular weight is 853 g/mol. The van der Waals surface area contributed by atoms with E-state index in [1.165, 1.54) is 4.90 Å². The number of ether oxygens (including phenoxy) is 1. The van der Waals surface area contributed by atoms with Crippen LogP contribution in [-0.2, 0) is 34.6 Å². The Morgan fingerprint density at radius 1 is 0.951 bits per heavy atom. The second kappa shape index (κ2) is 15.9. The molecule has 14 nitrogen and oxygen atoms in total. The molecule has 4 aliphatic rings. The Balaban J connectivity index is 1.15. The van der Waals surface area contributed by atoms with Crippen LogP contribution in [0.25, 0.3) is 33.5 Å². The number of furan rings is 1. The number of amides is 4. The highest BCUT2D eigenvalue weighted by Gasteiger charge is 2.62. The Morgan fingerprint density at radius 3 is 2.39 bits per heavy atom. The van der Waals surface area contributed by atoms with E-state index in [1.807, 2.05) is 60.7 Å². The Hall–Kier alpha value is -5.31. The summed E-state index contributed by atoms with van der Waals surface area (Å²) in [7, 11) is -3.91. The summed E-state index contributed by atoms with van der Waals surface area (Å²) in [6, 6.07) is 13.5. The number of sulfonamides is 1. The van der Waals surface area contributed by atoms with Crippen molar-refractivity contribution >= 4 is 55.7 Å². The molecule has 8 rings (SSSR count). The third-order valence-corrected chi connectivity index (χ3v) is 14.1. The van der Waals surface area contributed by atoms with Crippen molar-refractivity contribution in [2.45, 2.75) is 134 Å². The summed E-state index contributed by atoms with van der Waals surface area (Å²) in [6.07, 6.45) is 7.51. The molecule has 2 aromatic heterocycles. The number of carbonyl (C=O) groups is 4. The van der Waals surface area contributed by atoms with Crippen molar-refractivity contribution in [1.82, 2.24) is 30.2 Å². The van der Waals surface area contributed by atoms with Gasteiger partial charge in [-0.25, -0.2) is 13.4 Å². The lowest BCUT2D eigenvalue weighted by molar-refractivity contribution is -0.143. The van der Waals surface area contributed by atoms with Gasteiger partial charge in [0.15, 0.2) is 5.82 Å². The molecule has 15 heteroatoms. The van der Waals surface area contributed by atoms with Gasteiger partial charge in [-0.2, -0.15) is 4.98 Å². The van der Waals surface area contributed by atoms with Crippen molar-refractivity contribution in [3.05, 3.63) is 66.2 Å². The van der Waals surface area contributed by atoms with Crippen LogP contribution in [0.15, 0.2) is 65.1 Å². The molecule has 4 aromatic rings. The van der Waals surface area contributed by atoms with Crippen molar-refractivity contribution in [1.29, 1.82) is 0 Å². The topological polar surface area (TPSA) is 190 Å². The summed E-state index contributed by atoms with van der Waals surface area (Å²) in [5.41, 5.74) is 0.983. The average Bonchev–Trinajstić information content (AvgIpc) is 4.10. The third-order valence-electron chi connectivity index (χ3n) is 12.3. The van der Waals surface area contributed by atoms with Crippen molar-refractivity contribution in [3.8, 4) is 17.3 Å². The summed E-state index contributed by atoms with van der Waals surface area (Å²) in [5.74, 6) is -2.06. The molecule has 0 bridgehead atoms. The smallest absolute Gasteiger partial charge is 0.262 e. The van der Waals surface area contributed by atoms with Crippen LogP contribution in [-0.4, -0.2) is 82.4 Å². The van der Waals surface area contributed by atoms with E-state index in [-0.39, 0.29) is 36.6 Å². The van der Waals surface area contributed by atoms with Gasteiger partial charge in [-0.3, -0.25) is 23.9 Å². The standard InChI is InChI=1S/C46H56N6O8S/c1-44(2,3)28-20-18-27(19-21-28)38-48-36-32-15-12-13-17-35(32)60-37(36)40(49-38)59-30-24-34-39(53)50-46(43(56)51-61(57,58)31-22-23-31)25-29(46)14-10-8-7-9-11-16-33(41(54)52(34)26-30)47-42(55)45(4,5)6/h10,12-15,17-21,29-31,33-34H,7-9,11,16,22-26H2,1-6H3,(H,47,55)(H,50,53)(H,51,56)/b14-10-/t29-,30+,33-,34-,46+/m0/s1. The first kappa shape index (κ1) is 42.4. The first-order valence-electron chi connectivity index (χ1n) is 21.5. The number of hydrogen-bond donors (Lipinski definition) is 3. The van der Waals surface area contributed by atoms with Crippen LogP contribution in [0, 0.1) is 11.3 Å². The predicted octanol–water partition coefficient (Wildman–Crippen LogP) is 6.22. The molecular formula is C46H56N6O8S. The number of rotatable bonds is 7. The van der Waals surface area contributed by atoms with Gasteiger partial charge in [-0.15, -0.1) is 0 Å². The third kappa shape index (κ3) is 8.76. The molecule has 2 aliphatic heterocycles. The number of aromatic nitrogens is 2. The van der Waals surface area contributed by atoms with Gasteiger partial charge in [0.25, 0.3) is 11.8 Å². The van der Waals surface area contributed by atoms with E-state index in [1.54, 1.807) is 20.8 Å². The molecule has 2 saturated carbocycles. The molecule has 5 atom stereocenters. The van der Waals surface area contributed by atoms with Crippen LogP contribution in [0.2, 0.25) is 0 Å². The first-order chi connectivity index (χ1) is 28.8. The second-order valence-electron chi connectivity index (χ2n) is 19.2. The van der Waals surface area contributed by atoms with Gasteiger partial charge >= 0.3 is 0 Å². The van der Waals surface area contributed by atoms with Gasteiger partial charge in [-0.1, -0.05) is 103 Å². The van der Waals surface area contributed by atoms with E-state index in [0.717, 1.165) is 29.4 Å². The molecule has 3 N–H and O–H groups in total. The number of fused-ring (bicyclic) bond motifs is 5. The predicted molar refractivity (Wildman–Crippen MR) is 231 cm³/mol. The molecule has 4 amide bonds. The summed E-state index contributed by atoms with van der Waals surface area (Å²) in [5, 5.41) is 6.02. The molecule has 0 unspecified atom stereocenters. The number of para-hydroxylation sites is 1. The molecule has 0 radical (unpaired) electrons. The molecule has 2 aromatic carbocycles. The Bertz CT molecular complexity index is 2520. The monoisotopic (exact) mass is 852 g/mol. The molecule has 3 fully saturated rings.